The van der Waals surface area contributed by atoms with Gasteiger partial charge >= 0.3 is 0 Å². The largest absolute Gasteiger partial charge is 0.344 e. The fourth-order valence-corrected chi connectivity index (χ4v) is 2.69. The molecule has 3 rings (SSSR count). The van der Waals surface area contributed by atoms with Crippen molar-refractivity contribution >= 4 is 5.91 Å². The third kappa shape index (κ3) is 3.44. The van der Waals surface area contributed by atoms with Crippen LogP contribution in [-0.2, 0) is 4.79 Å². The molecule has 0 saturated heterocycles. The van der Waals surface area contributed by atoms with Crippen LogP contribution in [0.5, 0.6) is 0 Å². The maximum atomic E-state index is 12.3. The Kier molecular flexibility index (Phi) is 4.74. The van der Waals surface area contributed by atoms with Crippen molar-refractivity contribution < 1.29 is 9.32 Å². The highest BCUT2D eigenvalue weighted by atomic mass is 16.5. The molecule has 23 heavy (non-hydrogen) atoms. The first-order valence-corrected chi connectivity index (χ1v) is 8.38. The van der Waals surface area contributed by atoms with Gasteiger partial charge in [-0.15, -0.1) is 0 Å². The van der Waals surface area contributed by atoms with Gasteiger partial charge < -0.3 is 9.84 Å². The Morgan fingerprint density at radius 2 is 2.09 bits per heavy atom. The molecule has 0 aliphatic heterocycles. The van der Waals surface area contributed by atoms with Crippen molar-refractivity contribution in [3.63, 3.8) is 0 Å². The van der Waals surface area contributed by atoms with Crippen LogP contribution < -0.4 is 5.32 Å². The van der Waals surface area contributed by atoms with E-state index < -0.39 is 0 Å². The molecular weight excluding hydrogens is 290 g/mol. The molecule has 1 aliphatic carbocycles. The number of rotatable bonds is 6. The summed E-state index contributed by atoms with van der Waals surface area (Å²) in [7, 11) is 0. The zero-order chi connectivity index (χ0) is 16.2. The maximum absolute atomic E-state index is 12.3. The lowest BCUT2D eigenvalue weighted by molar-refractivity contribution is -0.128. The number of aromatic nitrogens is 2. The molecule has 1 N–H and O–H groups in total. The summed E-state index contributed by atoms with van der Waals surface area (Å²) in [5.41, 5.74) is 0.913. The van der Waals surface area contributed by atoms with Gasteiger partial charge in [0, 0.05) is 11.5 Å². The minimum Gasteiger partial charge on any atom is -0.344 e. The SMILES string of the molecule is CCC(C)C(NC(=O)C1CCC1)c1nc(-c2ccccc2)no1. The van der Waals surface area contributed by atoms with E-state index in [0.29, 0.717) is 11.7 Å². The third-order valence-corrected chi connectivity index (χ3v) is 4.73. The van der Waals surface area contributed by atoms with Crippen LogP contribution in [-0.4, -0.2) is 16.0 Å². The molecule has 122 valence electrons. The number of hydrogen-bond acceptors (Lipinski definition) is 4. The smallest absolute Gasteiger partial charge is 0.249 e. The van der Waals surface area contributed by atoms with Gasteiger partial charge in [-0.25, -0.2) is 0 Å². The summed E-state index contributed by atoms with van der Waals surface area (Å²) < 4.78 is 5.46. The second-order valence-electron chi connectivity index (χ2n) is 6.32. The van der Waals surface area contributed by atoms with Gasteiger partial charge in [-0.3, -0.25) is 4.79 Å². The van der Waals surface area contributed by atoms with Crippen LogP contribution in [0.2, 0.25) is 0 Å². The number of hydrogen-bond donors (Lipinski definition) is 1. The minimum absolute atomic E-state index is 0.112. The zero-order valence-electron chi connectivity index (χ0n) is 13.7. The van der Waals surface area contributed by atoms with E-state index in [1.54, 1.807) is 0 Å². The Morgan fingerprint density at radius 1 is 1.35 bits per heavy atom. The zero-order valence-corrected chi connectivity index (χ0v) is 13.7. The van der Waals surface area contributed by atoms with Crippen molar-refractivity contribution in [1.29, 1.82) is 0 Å². The fourth-order valence-electron chi connectivity index (χ4n) is 2.69. The van der Waals surface area contributed by atoms with Gasteiger partial charge in [0.25, 0.3) is 0 Å². The molecular formula is C18H23N3O2. The van der Waals surface area contributed by atoms with Crippen molar-refractivity contribution in [2.45, 2.75) is 45.6 Å². The molecule has 1 aromatic carbocycles. The van der Waals surface area contributed by atoms with E-state index in [0.717, 1.165) is 31.2 Å². The molecule has 0 radical (unpaired) electrons. The maximum Gasteiger partial charge on any atom is 0.249 e. The quantitative estimate of drug-likeness (QED) is 0.882. The molecule has 0 spiro atoms. The Morgan fingerprint density at radius 3 is 2.70 bits per heavy atom. The topological polar surface area (TPSA) is 68.0 Å². The molecule has 1 amide bonds. The summed E-state index contributed by atoms with van der Waals surface area (Å²) >= 11 is 0. The summed E-state index contributed by atoms with van der Waals surface area (Å²) in [6.07, 6.45) is 4.04. The Bertz CT molecular complexity index is 649. The first kappa shape index (κ1) is 15.7. The van der Waals surface area contributed by atoms with E-state index in [1.807, 2.05) is 30.3 Å². The van der Waals surface area contributed by atoms with Gasteiger partial charge in [0.05, 0.1) is 0 Å². The summed E-state index contributed by atoms with van der Waals surface area (Å²) in [5.74, 6) is 1.56. The van der Waals surface area contributed by atoms with Crippen LogP contribution in [0.3, 0.4) is 0 Å². The van der Waals surface area contributed by atoms with Crippen molar-refractivity contribution in [3.05, 3.63) is 36.2 Å². The monoisotopic (exact) mass is 313 g/mol. The third-order valence-electron chi connectivity index (χ3n) is 4.73. The molecule has 2 aromatic rings. The number of amides is 1. The molecule has 1 saturated carbocycles. The molecule has 1 heterocycles. The average molecular weight is 313 g/mol. The highest BCUT2D eigenvalue weighted by Crippen LogP contribution is 2.30. The fraction of sp³-hybridized carbons (Fsp3) is 0.500. The van der Waals surface area contributed by atoms with Gasteiger partial charge in [0.1, 0.15) is 6.04 Å². The lowest BCUT2D eigenvalue weighted by Gasteiger charge is -2.28. The lowest BCUT2D eigenvalue weighted by Crippen LogP contribution is -2.39. The highest BCUT2D eigenvalue weighted by Gasteiger charge is 2.31. The summed E-state index contributed by atoms with van der Waals surface area (Å²) in [6, 6.07) is 9.49. The summed E-state index contributed by atoms with van der Waals surface area (Å²) in [4.78, 5) is 16.8. The Labute approximate surface area is 136 Å². The van der Waals surface area contributed by atoms with E-state index in [-0.39, 0.29) is 23.8 Å². The number of nitrogens with one attached hydrogen (secondary N) is 1. The number of benzene rings is 1. The molecule has 5 nitrogen and oxygen atoms in total. The summed E-state index contributed by atoms with van der Waals surface area (Å²) in [6.45, 7) is 4.19. The first-order chi connectivity index (χ1) is 11.2. The van der Waals surface area contributed by atoms with Gasteiger partial charge in [-0.05, 0) is 18.8 Å². The number of nitrogens with zero attached hydrogens (tertiary/aromatic N) is 2. The van der Waals surface area contributed by atoms with E-state index in [9.17, 15) is 4.79 Å². The van der Waals surface area contributed by atoms with Gasteiger partial charge in [-0.2, -0.15) is 4.98 Å². The van der Waals surface area contributed by atoms with Gasteiger partial charge in [0.15, 0.2) is 0 Å². The molecule has 2 unspecified atom stereocenters. The van der Waals surface area contributed by atoms with Crippen molar-refractivity contribution in [1.82, 2.24) is 15.5 Å². The highest BCUT2D eigenvalue weighted by molar-refractivity contribution is 5.79. The molecule has 1 fully saturated rings. The standard InChI is InChI=1S/C18H23N3O2/c1-3-12(2)15(19-17(22)14-10-7-11-14)18-20-16(21-23-18)13-8-5-4-6-9-13/h4-6,8-9,12,14-15H,3,7,10-11H2,1-2H3,(H,19,22). The van der Waals surface area contributed by atoms with Crippen molar-refractivity contribution in [3.8, 4) is 11.4 Å². The van der Waals surface area contributed by atoms with E-state index in [1.165, 1.54) is 0 Å². The minimum atomic E-state index is -0.224. The number of carbonyl (C=O) groups excluding carboxylic acids is 1. The normalized spacial score (nSPS) is 17.3. The predicted molar refractivity (Wildman–Crippen MR) is 87.4 cm³/mol. The molecule has 0 bridgehead atoms. The van der Waals surface area contributed by atoms with Crippen molar-refractivity contribution in [2.24, 2.45) is 11.8 Å². The van der Waals surface area contributed by atoms with E-state index in [4.69, 9.17) is 4.52 Å². The second kappa shape index (κ2) is 6.94. The van der Waals surface area contributed by atoms with Crippen LogP contribution in [0.15, 0.2) is 34.9 Å². The molecule has 1 aromatic heterocycles. The molecule has 2 atom stereocenters. The van der Waals surface area contributed by atoms with Crippen LogP contribution in [0, 0.1) is 11.8 Å². The van der Waals surface area contributed by atoms with Crippen molar-refractivity contribution in [2.75, 3.05) is 0 Å². The van der Waals surface area contributed by atoms with E-state index in [2.05, 4.69) is 29.3 Å². The lowest BCUT2D eigenvalue weighted by atomic mass is 9.84. The first-order valence-electron chi connectivity index (χ1n) is 8.38. The van der Waals surface area contributed by atoms with Crippen LogP contribution in [0.4, 0.5) is 0 Å². The predicted octanol–water partition coefficient (Wildman–Crippen LogP) is 3.74. The van der Waals surface area contributed by atoms with Crippen LogP contribution >= 0.6 is 0 Å². The molecule has 5 heteroatoms. The average Bonchev–Trinajstić information content (AvgIpc) is 3.00. The van der Waals surface area contributed by atoms with Crippen LogP contribution in [0.25, 0.3) is 11.4 Å². The Hall–Kier alpha value is -2.17. The van der Waals surface area contributed by atoms with E-state index >= 15 is 0 Å². The van der Waals surface area contributed by atoms with Crippen LogP contribution in [0.1, 0.15) is 51.5 Å². The molecule has 1 aliphatic rings. The summed E-state index contributed by atoms with van der Waals surface area (Å²) in [5, 5.41) is 7.19. The second-order valence-corrected chi connectivity index (χ2v) is 6.32. The number of carbonyl (C=O) groups is 1. The Balaban J connectivity index is 1.79. The van der Waals surface area contributed by atoms with Gasteiger partial charge in [0.2, 0.25) is 17.6 Å². The van der Waals surface area contributed by atoms with Gasteiger partial charge in [-0.1, -0.05) is 62.2 Å².